The number of alkyl halides is 3. The molecule has 7 heteroatoms. The van der Waals surface area contributed by atoms with Crippen molar-refractivity contribution in [3.05, 3.63) is 70.3 Å². The van der Waals surface area contributed by atoms with E-state index in [1.54, 1.807) is 18.2 Å². The molecule has 2 aromatic rings. The van der Waals surface area contributed by atoms with Crippen LogP contribution in [0.25, 0.3) is 0 Å². The van der Waals surface area contributed by atoms with E-state index in [1.165, 1.54) is 18.2 Å². The Morgan fingerprint density at radius 1 is 1.04 bits per heavy atom. The summed E-state index contributed by atoms with van der Waals surface area (Å²) in [6.07, 6.45) is -4.50. The van der Waals surface area contributed by atoms with Crippen molar-refractivity contribution in [2.24, 2.45) is 0 Å². The average molecular weight is 365 g/mol. The van der Waals surface area contributed by atoms with Crippen molar-refractivity contribution in [1.29, 1.82) is 0 Å². The quantitative estimate of drug-likeness (QED) is 0.820. The SMILES string of the molecule is Cc1ccc(C(=O)OCC(=O)NCc2ccccc2C(F)(F)F)cc1C. The molecule has 2 rings (SSSR count). The third-order valence-electron chi connectivity index (χ3n) is 3.88. The third kappa shape index (κ3) is 5.08. The van der Waals surface area contributed by atoms with E-state index in [0.29, 0.717) is 5.56 Å². The van der Waals surface area contributed by atoms with Gasteiger partial charge in [0.2, 0.25) is 0 Å². The maximum absolute atomic E-state index is 12.9. The molecule has 0 spiro atoms. The molecule has 0 unspecified atom stereocenters. The lowest BCUT2D eigenvalue weighted by Crippen LogP contribution is -2.29. The predicted molar refractivity (Wildman–Crippen MR) is 89.5 cm³/mol. The van der Waals surface area contributed by atoms with Crippen LogP contribution in [0.15, 0.2) is 42.5 Å². The van der Waals surface area contributed by atoms with Crippen LogP contribution in [0.1, 0.15) is 32.6 Å². The maximum atomic E-state index is 12.9. The summed E-state index contributed by atoms with van der Waals surface area (Å²) < 4.78 is 43.6. The van der Waals surface area contributed by atoms with Crippen molar-refractivity contribution >= 4 is 11.9 Å². The van der Waals surface area contributed by atoms with Gasteiger partial charge in [-0.25, -0.2) is 4.79 Å². The molecule has 0 aliphatic heterocycles. The van der Waals surface area contributed by atoms with E-state index in [9.17, 15) is 22.8 Å². The van der Waals surface area contributed by atoms with E-state index >= 15 is 0 Å². The Kier molecular flexibility index (Phi) is 6.02. The molecule has 0 radical (unpaired) electrons. The highest BCUT2D eigenvalue weighted by Gasteiger charge is 2.32. The van der Waals surface area contributed by atoms with Gasteiger partial charge in [0.25, 0.3) is 5.91 Å². The van der Waals surface area contributed by atoms with Crippen molar-refractivity contribution in [2.45, 2.75) is 26.6 Å². The number of carbonyl (C=O) groups is 2. The first-order valence-corrected chi connectivity index (χ1v) is 7.84. The van der Waals surface area contributed by atoms with Gasteiger partial charge in [0.15, 0.2) is 6.61 Å². The largest absolute Gasteiger partial charge is 0.452 e. The molecule has 138 valence electrons. The number of carbonyl (C=O) groups excluding carboxylic acids is 2. The molecule has 1 N–H and O–H groups in total. The van der Waals surface area contributed by atoms with Crippen molar-refractivity contribution in [2.75, 3.05) is 6.61 Å². The fourth-order valence-electron chi connectivity index (χ4n) is 2.28. The van der Waals surface area contributed by atoms with Crippen LogP contribution in [-0.4, -0.2) is 18.5 Å². The van der Waals surface area contributed by atoms with E-state index in [0.717, 1.165) is 17.2 Å². The van der Waals surface area contributed by atoms with Crippen LogP contribution in [0.2, 0.25) is 0 Å². The molecule has 0 atom stereocenters. The highest BCUT2D eigenvalue weighted by Crippen LogP contribution is 2.31. The minimum atomic E-state index is -4.50. The first kappa shape index (κ1) is 19.5. The normalized spacial score (nSPS) is 11.1. The molecular formula is C19H18F3NO3. The molecule has 0 heterocycles. The number of hydrogen-bond acceptors (Lipinski definition) is 3. The summed E-state index contributed by atoms with van der Waals surface area (Å²) in [5, 5.41) is 2.32. The number of benzene rings is 2. The maximum Gasteiger partial charge on any atom is 0.416 e. The fraction of sp³-hybridized carbons (Fsp3) is 0.263. The summed E-state index contributed by atoms with van der Waals surface area (Å²) in [6, 6.07) is 9.96. The van der Waals surface area contributed by atoms with Crippen molar-refractivity contribution < 1.29 is 27.5 Å². The van der Waals surface area contributed by atoms with Crippen molar-refractivity contribution in [3.8, 4) is 0 Å². The van der Waals surface area contributed by atoms with Gasteiger partial charge in [-0.1, -0.05) is 24.3 Å². The number of halogens is 3. The second kappa shape index (κ2) is 8.03. The summed E-state index contributed by atoms with van der Waals surface area (Å²) in [5.41, 5.74) is 1.36. The first-order valence-electron chi connectivity index (χ1n) is 7.84. The smallest absolute Gasteiger partial charge is 0.416 e. The molecule has 0 saturated heterocycles. The van der Waals surface area contributed by atoms with E-state index in [-0.39, 0.29) is 12.1 Å². The molecule has 0 bridgehead atoms. The standard InChI is InChI=1S/C19H18F3NO3/c1-12-7-8-14(9-13(12)2)18(25)26-11-17(24)23-10-15-5-3-4-6-16(15)19(20,21)22/h3-9H,10-11H2,1-2H3,(H,23,24). The zero-order valence-electron chi connectivity index (χ0n) is 14.3. The van der Waals surface area contributed by atoms with Crippen molar-refractivity contribution in [1.82, 2.24) is 5.32 Å². The van der Waals surface area contributed by atoms with Gasteiger partial charge in [-0.3, -0.25) is 4.79 Å². The van der Waals surface area contributed by atoms with Gasteiger partial charge in [-0.15, -0.1) is 0 Å². The molecule has 0 saturated carbocycles. The van der Waals surface area contributed by atoms with Gasteiger partial charge in [-0.05, 0) is 48.7 Å². The molecule has 4 nitrogen and oxygen atoms in total. The lowest BCUT2D eigenvalue weighted by molar-refractivity contribution is -0.138. The molecule has 0 fully saturated rings. The Morgan fingerprint density at radius 2 is 1.73 bits per heavy atom. The Bertz CT molecular complexity index is 816. The summed E-state index contributed by atoms with van der Waals surface area (Å²) in [4.78, 5) is 23.7. The lowest BCUT2D eigenvalue weighted by Gasteiger charge is -2.13. The monoisotopic (exact) mass is 365 g/mol. The first-order chi connectivity index (χ1) is 12.2. The second-order valence-electron chi connectivity index (χ2n) is 5.81. The average Bonchev–Trinajstić information content (AvgIpc) is 2.59. The number of esters is 1. The van der Waals surface area contributed by atoms with Crippen LogP contribution in [0.5, 0.6) is 0 Å². The van der Waals surface area contributed by atoms with Crippen LogP contribution >= 0.6 is 0 Å². The van der Waals surface area contributed by atoms with Gasteiger partial charge >= 0.3 is 12.1 Å². The van der Waals surface area contributed by atoms with E-state index < -0.39 is 30.2 Å². The number of aryl methyl sites for hydroxylation is 2. The molecule has 0 aliphatic carbocycles. The fourth-order valence-corrected chi connectivity index (χ4v) is 2.28. The Balaban J connectivity index is 1.90. The molecule has 0 aromatic heterocycles. The molecule has 26 heavy (non-hydrogen) atoms. The minimum Gasteiger partial charge on any atom is -0.452 e. The predicted octanol–water partition coefficient (Wildman–Crippen LogP) is 3.80. The van der Waals surface area contributed by atoms with Crippen molar-refractivity contribution in [3.63, 3.8) is 0 Å². The second-order valence-corrected chi connectivity index (χ2v) is 5.81. The van der Waals surface area contributed by atoms with Gasteiger partial charge in [0.1, 0.15) is 0 Å². The minimum absolute atomic E-state index is 0.0613. The Hall–Kier alpha value is -2.83. The number of ether oxygens (including phenoxy) is 1. The van der Waals surface area contributed by atoms with Gasteiger partial charge in [0, 0.05) is 6.54 Å². The zero-order valence-corrected chi connectivity index (χ0v) is 14.3. The summed E-state index contributed by atoms with van der Waals surface area (Å²) in [7, 11) is 0. The molecule has 0 aliphatic rings. The number of nitrogens with one attached hydrogen (secondary N) is 1. The summed E-state index contributed by atoms with van der Waals surface area (Å²) in [5.74, 6) is -1.35. The van der Waals surface area contributed by atoms with Gasteiger partial charge in [-0.2, -0.15) is 13.2 Å². The third-order valence-corrected chi connectivity index (χ3v) is 3.88. The highest BCUT2D eigenvalue weighted by molar-refractivity contribution is 5.91. The number of amides is 1. The van der Waals surface area contributed by atoms with Gasteiger partial charge < -0.3 is 10.1 Å². The number of hydrogen-bond donors (Lipinski definition) is 1. The van der Waals surface area contributed by atoms with Crippen LogP contribution in [0.3, 0.4) is 0 Å². The van der Waals surface area contributed by atoms with Crippen LogP contribution < -0.4 is 5.32 Å². The van der Waals surface area contributed by atoms with E-state index in [1.807, 2.05) is 13.8 Å². The molecule has 1 amide bonds. The van der Waals surface area contributed by atoms with E-state index in [4.69, 9.17) is 4.74 Å². The molecule has 2 aromatic carbocycles. The summed E-state index contributed by atoms with van der Waals surface area (Å²) in [6.45, 7) is 2.86. The Labute approximate surface area is 149 Å². The topological polar surface area (TPSA) is 55.4 Å². The van der Waals surface area contributed by atoms with Crippen LogP contribution in [-0.2, 0) is 22.3 Å². The van der Waals surface area contributed by atoms with Crippen LogP contribution in [0.4, 0.5) is 13.2 Å². The zero-order chi connectivity index (χ0) is 19.3. The molecular weight excluding hydrogens is 347 g/mol. The van der Waals surface area contributed by atoms with Crippen LogP contribution in [0, 0.1) is 13.8 Å². The Morgan fingerprint density at radius 3 is 2.38 bits per heavy atom. The highest BCUT2D eigenvalue weighted by atomic mass is 19.4. The van der Waals surface area contributed by atoms with Gasteiger partial charge in [0.05, 0.1) is 11.1 Å². The van der Waals surface area contributed by atoms with E-state index in [2.05, 4.69) is 5.32 Å². The summed E-state index contributed by atoms with van der Waals surface area (Å²) >= 11 is 0. The lowest BCUT2D eigenvalue weighted by atomic mass is 10.1. The number of rotatable bonds is 5.